The van der Waals surface area contributed by atoms with Gasteiger partial charge in [-0.05, 0) is 58.8 Å². The zero-order chi connectivity index (χ0) is 39.0. The second-order valence-corrected chi connectivity index (χ2v) is 13.7. The van der Waals surface area contributed by atoms with Crippen LogP contribution in [0, 0.1) is 19.0 Å². The molecule has 0 amide bonds. The number of rotatable bonds is 6. The molecule has 5 nitrogen and oxygen atoms in total. The number of aromatic nitrogens is 4. The maximum absolute atomic E-state index is 7.23. The maximum atomic E-state index is 7.23. The van der Waals surface area contributed by atoms with Gasteiger partial charge in [0.25, 0.3) is 0 Å². The molecule has 4 aromatic heterocycles. The van der Waals surface area contributed by atoms with Crippen LogP contribution in [0.3, 0.4) is 0 Å². The number of fused-ring (bicyclic) bond motifs is 4. The van der Waals surface area contributed by atoms with Crippen molar-refractivity contribution in [1.29, 1.82) is 0 Å². The Kier molecular flexibility index (Phi) is 9.60. The molecule has 0 aliphatic carbocycles. The van der Waals surface area contributed by atoms with Crippen LogP contribution in [-0.4, -0.2) is 19.5 Å². The summed E-state index contributed by atoms with van der Waals surface area (Å²) in [6, 6.07) is 48.8. The molecule has 0 aliphatic heterocycles. The molecule has 0 bridgehead atoms. The van der Waals surface area contributed by atoms with Crippen molar-refractivity contribution in [3.05, 3.63) is 169 Å². The summed E-state index contributed by atoms with van der Waals surface area (Å²) in [6.07, 6.45) is 3.31. The van der Waals surface area contributed by atoms with Crippen LogP contribution >= 0.6 is 0 Å². The quantitative estimate of drug-likeness (QED) is 0.156. The second-order valence-electron chi connectivity index (χ2n) is 13.7. The van der Waals surface area contributed by atoms with Gasteiger partial charge < -0.3 is 14.0 Å². The van der Waals surface area contributed by atoms with E-state index in [1.54, 1.807) is 18.2 Å². The Bertz CT molecular complexity index is 2770. The van der Waals surface area contributed by atoms with Gasteiger partial charge in [0.2, 0.25) is 0 Å². The molecular weight excluding hydrogens is 841 g/mol. The molecule has 0 N–H and O–H groups in total. The van der Waals surface area contributed by atoms with E-state index >= 15 is 0 Å². The zero-order valence-electron chi connectivity index (χ0n) is 33.5. The van der Waals surface area contributed by atoms with Crippen molar-refractivity contribution in [2.75, 3.05) is 0 Å². The van der Waals surface area contributed by atoms with Crippen LogP contribution in [0.25, 0.3) is 72.6 Å². The SMILES string of the molecule is CC(C)c1cccc(C(C)C)c1-n1c(-c2[c-]ccc3c2oc2ccccc23)nc2ncc(-c3ccccc3)cc21.[2H]C([2H])([2H])c1ccc(-c2[c-]cccc2)nc1.[Ir]. The molecule has 0 aliphatic rings. The summed E-state index contributed by atoms with van der Waals surface area (Å²) in [7, 11) is 0. The van der Waals surface area contributed by atoms with E-state index in [9.17, 15) is 0 Å². The summed E-state index contributed by atoms with van der Waals surface area (Å²) in [6.45, 7) is 6.91. The van der Waals surface area contributed by atoms with Gasteiger partial charge >= 0.3 is 0 Å². The van der Waals surface area contributed by atoms with Crippen LogP contribution in [0.4, 0.5) is 0 Å². The van der Waals surface area contributed by atoms with Gasteiger partial charge in [-0.2, -0.15) is 0 Å². The molecule has 0 spiro atoms. The molecule has 0 atom stereocenters. The number of imidazole rings is 1. The van der Waals surface area contributed by atoms with Gasteiger partial charge in [-0.15, -0.1) is 54.1 Å². The number of hydrogen-bond acceptors (Lipinski definition) is 4. The number of nitrogens with zero attached hydrogens (tertiary/aromatic N) is 4. The first-order valence-corrected chi connectivity index (χ1v) is 17.9. The van der Waals surface area contributed by atoms with Gasteiger partial charge in [0, 0.05) is 53.2 Å². The number of benzene rings is 5. The van der Waals surface area contributed by atoms with Crippen molar-refractivity contribution in [3.63, 3.8) is 0 Å². The van der Waals surface area contributed by atoms with E-state index in [0.717, 1.165) is 61.2 Å². The Morgan fingerprint density at radius 2 is 1.44 bits per heavy atom. The van der Waals surface area contributed by atoms with E-state index in [-0.39, 0.29) is 25.7 Å². The monoisotopic (exact) mass is 884 g/mol. The molecule has 0 fully saturated rings. The van der Waals surface area contributed by atoms with Crippen LogP contribution in [-0.2, 0) is 20.1 Å². The van der Waals surface area contributed by atoms with Crippen molar-refractivity contribution in [1.82, 2.24) is 19.5 Å². The third-order valence-corrected chi connectivity index (χ3v) is 9.50. The predicted octanol–water partition coefficient (Wildman–Crippen LogP) is 12.6. The minimum absolute atomic E-state index is 0. The Hall–Kier alpha value is -5.68. The molecule has 5 aromatic carbocycles. The third-order valence-electron chi connectivity index (χ3n) is 9.50. The Morgan fingerprint density at radius 1 is 0.685 bits per heavy atom. The van der Waals surface area contributed by atoms with Gasteiger partial charge in [-0.25, -0.2) is 4.98 Å². The number of para-hydroxylation sites is 2. The normalized spacial score (nSPS) is 12.3. The Morgan fingerprint density at radius 3 is 2.15 bits per heavy atom. The summed E-state index contributed by atoms with van der Waals surface area (Å²) in [4.78, 5) is 14.2. The second kappa shape index (κ2) is 15.7. The van der Waals surface area contributed by atoms with Gasteiger partial charge in [-0.3, -0.25) is 4.98 Å². The number of furan rings is 1. The molecule has 1 radical (unpaired) electrons. The Balaban J connectivity index is 0.000000246. The van der Waals surface area contributed by atoms with Crippen molar-refractivity contribution in [3.8, 4) is 39.5 Å². The van der Waals surface area contributed by atoms with E-state index in [0.29, 0.717) is 17.5 Å². The van der Waals surface area contributed by atoms with Crippen molar-refractivity contribution >= 4 is 33.1 Å². The predicted molar refractivity (Wildman–Crippen MR) is 217 cm³/mol. The largest absolute Gasteiger partial charge is 0.501 e. The molecule has 9 rings (SSSR count). The van der Waals surface area contributed by atoms with Crippen LogP contribution in [0.5, 0.6) is 0 Å². The first-order chi connectivity index (χ1) is 27.1. The molecule has 0 unspecified atom stereocenters. The first-order valence-electron chi connectivity index (χ1n) is 19.4. The van der Waals surface area contributed by atoms with Crippen molar-refractivity contribution in [2.24, 2.45) is 0 Å². The molecule has 54 heavy (non-hydrogen) atoms. The zero-order valence-corrected chi connectivity index (χ0v) is 32.9. The number of aryl methyl sites for hydroxylation is 1. The van der Waals surface area contributed by atoms with Crippen LogP contribution in [0.2, 0.25) is 0 Å². The molecule has 9 aromatic rings. The van der Waals surface area contributed by atoms with Crippen LogP contribution in [0.1, 0.15) is 60.3 Å². The van der Waals surface area contributed by atoms with Gasteiger partial charge in [0.05, 0.1) is 16.9 Å². The summed E-state index contributed by atoms with van der Waals surface area (Å²) in [5.41, 5.74) is 11.9. The molecule has 6 heteroatoms. The van der Waals surface area contributed by atoms with Crippen LogP contribution < -0.4 is 0 Å². The number of pyridine rings is 2. The molecule has 0 saturated heterocycles. The number of hydrogen-bond donors (Lipinski definition) is 0. The minimum atomic E-state index is -2.09. The summed E-state index contributed by atoms with van der Waals surface area (Å²) < 4.78 is 30.5. The molecular formula is C48H40IrN4O-2. The summed E-state index contributed by atoms with van der Waals surface area (Å²) in [5, 5.41) is 2.15. The van der Waals surface area contributed by atoms with E-state index in [2.05, 4.69) is 110 Å². The smallest absolute Gasteiger partial charge is 0.168 e. The van der Waals surface area contributed by atoms with Gasteiger partial charge in [-0.1, -0.05) is 118 Å². The fourth-order valence-corrected chi connectivity index (χ4v) is 6.88. The molecule has 269 valence electrons. The fourth-order valence-electron chi connectivity index (χ4n) is 6.88. The summed E-state index contributed by atoms with van der Waals surface area (Å²) >= 11 is 0. The van der Waals surface area contributed by atoms with E-state index < -0.39 is 6.85 Å². The van der Waals surface area contributed by atoms with Crippen LogP contribution in [0.15, 0.2) is 144 Å². The van der Waals surface area contributed by atoms with Gasteiger partial charge in [0.15, 0.2) is 5.65 Å². The molecule has 0 saturated carbocycles. The van der Waals surface area contributed by atoms with Crippen molar-refractivity contribution in [2.45, 2.75) is 46.4 Å². The topological polar surface area (TPSA) is 56.7 Å². The first kappa shape index (κ1) is 32.9. The van der Waals surface area contributed by atoms with E-state index in [1.165, 1.54) is 23.0 Å². The maximum Gasteiger partial charge on any atom is 0.168 e. The van der Waals surface area contributed by atoms with Crippen molar-refractivity contribution < 1.29 is 28.6 Å². The molecule has 4 heterocycles. The minimum Gasteiger partial charge on any atom is -0.501 e. The van der Waals surface area contributed by atoms with E-state index in [4.69, 9.17) is 18.5 Å². The summed E-state index contributed by atoms with van der Waals surface area (Å²) in [5.74, 6) is 1.41. The average molecular weight is 884 g/mol. The fraction of sp³-hybridized carbons (Fsp3) is 0.146. The van der Waals surface area contributed by atoms with Gasteiger partial charge in [0.1, 0.15) is 5.58 Å². The average Bonchev–Trinajstić information content (AvgIpc) is 3.79. The Labute approximate surface area is 334 Å². The van der Waals surface area contributed by atoms with E-state index in [1.807, 2.05) is 54.7 Å². The third kappa shape index (κ3) is 7.03. The standard InChI is InChI=1S/C36H30N3O.C12H10N.Ir/c1-22(2)26-15-10-16-27(23(3)4)33(26)39-31-20-25(24-12-6-5-7-13-24)21-37-35(31)38-36(39)30-18-11-17-29-28-14-8-9-19-32(28)40-34(29)30;1-10-7-8-12(13-9-10)11-5-3-2-4-6-11;/h5-17,19-23H,1-4H3;2-5,7-9H,1H3;/q2*-1;/i;1D3;.